The van der Waals surface area contributed by atoms with Gasteiger partial charge in [0.25, 0.3) is 11.8 Å². The summed E-state index contributed by atoms with van der Waals surface area (Å²) < 4.78 is 5.25. The second kappa shape index (κ2) is 7.75. The third-order valence-corrected chi connectivity index (χ3v) is 3.99. The van der Waals surface area contributed by atoms with Crippen LogP contribution in [-0.2, 0) is 11.3 Å². The van der Waals surface area contributed by atoms with Crippen molar-refractivity contribution in [2.75, 3.05) is 26.3 Å². The van der Waals surface area contributed by atoms with Crippen molar-refractivity contribution in [1.29, 1.82) is 0 Å². The number of benzene rings is 2. The molecule has 0 spiro atoms. The lowest BCUT2D eigenvalue weighted by Gasteiger charge is -2.26. The molecule has 0 saturated carbocycles. The first-order chi connectivity index (χ1) is 11.7. The Bertz CT molecular complexity index is 692. The second-order valence-electron chi connectivity index (χ2n) is 5.65. The maximum absolute atomic E-state index is 12.4. The van der Waals surface area contributed by atoms with Crippen molar-refractivity contribution in [3.63, 3.8) is 0 Å². The SMILES string of the molecule is O=C(NCc1ccccc1)c1ccc(C(=O)N2CCOCC2)cc1. The van der Waals surface area contributed by atoms with Crippen molar-refractivity contribution < 1.29 is 14.3 Å². The third-order valence-electron chi connectivity index (χ3n) is 3.99. The van der Waals surface area contributed by atoms with Gasteiger partial charge in [-0.25, -0.2) is 0 Å². The Balaban J connectivity index is 1.59. The highest BCUT2D eigenvalue weighted by atomic mass is 16.5. The Morgan fingerprint density at radius 2 is 1.54 bits per heavy atom. The molecule has 0 aliphatic carbocycles. The van der Waals surface area contributed by atoms with Crippen LogP contribution in [0.15, 0.2) is 54.6 Å². The van der Waals surface area contributed by atoms with Gasteiger partial charge >= 0.3 is 0 Å². The van der Waals surface area contributed by atoms with Crippen molar-refractivity contribution >= 4 is 11.8 Å². The van der Waals surface area contributed by atoms with E-state index in [9.17, 15) is 9.59 Å². The van der Waals surface area contributed by atoms with Crippen LogP contribution in [0.2, 0.25) is 0 Å². The molecule has 0 aromatic heterocycles. The third kappa shape index (κ3) is 4.00. The summed E-state index contributed by atoms with van der Waals surface area (Å²) in [5, 5.41) is 2.88. The molecule has 5 nitrogen and oxygen atoms in total. The van der Waals surface area contributed by atoms with E-state index in [4.69, 9.17) is 4.74 Å². The molecule has 24 heavy (non-hydrogen) atoms. The molecular weight excluding hydrogens is 304 g/mol. The van der Waals surface area contributed by atoms with Crippen LogP contribution in [0.25, 0.3) is 0 Å². The fourth-order valence-corrected chi connectivity index (χ4v) is 2.59. The number of amides is 2. The van der Waals surface area contributed by atoms with E-state index in [1.54, 1.807) is 29.2 Å². The standard InChI is InChI=1S/C19H20N2O3/c22-18(20-14-15-4-2-1-3-5-15)16-6-8-17(9-7-16)19(23)21-10-12-24-13-11-21/h1-9H,10-14H2,(H,20,22). The van der Waals surface area contributed by atoms with E-state index < -0.39 is 0 Å². The molecule has 0 radical (unpaired) electrons. The van der Waals surface area contributed by atoms with Crippen LogP contribution in [0.5, 0.6) is 0 Å². The fraction of sp³-hybridized carbons (Fsp3) is 0.263. The Kier molecular flexibility index (Phi) is 5.23. The van der Waals surface area contributed by atoms with Gasteiger partial charge in [0, 0.05) is 30.8 Å². The predicted octanol–water partition coefficient (Wildman–Crippen LogP) is 2.09. The molecule has 2 amide bonds. The molecule has 3 rings (SSSR count). The zero-order valence-corrected chi connectivity index (χ0v) is 13.4. The van der Waals surface area contributed by atoms with Gasteiger partial charge in [0.1, 0.15) is 0 Å². The molecule has 1 N–H and O–H groups in total. The van der Waals surface area contributed by atoms with Gasteiger partial charge in [-0.3, -0.25) is 9.59 Å². The molecule has 1 aliphatic heterocycles. The quantitative estimate of drug-likeness (QED) is 0.937. The topological polar surface area (TPSA) is 58.6 Å². The minimum atomic E-state index is -0.149. The molecular formula is C19H20N2O3. The number of carbonyl (C=O) groups is 2. The largest absolute Gasteiger partial charge is 0.378 e. The minimum absolute atomic E-state index is 0.0189. The zero-order chi connectivity index (χ0) is 16.8. The predicted molar refractivity (Wildman–Crippen MR) is 90.8 cm³/mol. The lowest BCUT2D eigenvalue weighted by atomic mass is 10.1. The number of morpholine rings is 1. The Morgan fingerprint density at radius 3 is 2.21 bits per heavy atom. The molecule has 0 unspecified atom stereocenters. The van der Waals surface area contributed by atoms with E-state index in [-0.39, 0.29) is 11.8 Å². The van der Waals surface area contributed by atoms with Gasteiger partial charge in [-0.2, -0.15) is 0 Å². The number of nitrogens with zero attached hydrogens (tertiary/aromatic N) is 1. The van der Waals surface area contributed by atoms with E-state index in [2.05, 4.69) is 5.32 Å². The van der Waals surface area contributed by atoms with E-state index in [0.717, 1.165) is 5.56 Å². The van der Waals surface area contributed by atoms with Crippen molar-refractivity contribution in [3.8, 4) is 0 Å². The van der Waals surface area contributed by atoms with Crippen LogP contribution in [0.3, 0.4) is 0 Å². The molecule has 0 atom stereocenters. The van der Waals surface area contributed by atoms with Gasteiger partial charge in [0.2, 0.25) is 0 Å². The first-order valence-electron chi connectivity index (χ1n) is 8.03. The molecule has 2 aromatic carbocycles. The van der Waals surface area contributed by atoms with Gasteiger partial charge in [0.15, 0.2) is 0 Å². The second-order valence-corrected chi connectivity index (χ2v) is 5.65. The number of ether oxygens (including phenoxy) is 1. The number of carbonyl (C=O) groups excluding carboxylic acids is 2. The van der Waals surface area contributed by atoms with Crippen LogP contribution in [0, 0.1) is 0 Å². The Hall–Kier alpha value is -2.66. The Labute approximate surface area is 141 Å². The summed E-state index contributed by atoms with van der Waals surface area (Å²) in [6.45, 7) is 2.85. The molecule has 1 aliphatic rings. The van der Waals surface area contributed by atoms with Gasteiger partial charge < -0.3 is 15.0 Å². The van der Waals surface area contributed by atoms with Gasteiger partial charge in [-0.15, -0.1) is 0 Å². The fourth-order valence-electron chi connectivity index (χ4n) is 2.59. The van der Waals surface area contributed by atoms with Gasteiger partial charge in [0.05, 0.1) is 13.2 Å². The maximum Gasteiger partial charge on any atom is 0.254 e. The van der Waals surface area contributed by atoms with Crippen LogP contribution < -0.4 is 5.32 Å². The molecule has 2 aromatic rings. The molecule has 1 saturated heterocycles. The van der Waals surface area contributed by atoms with E-state index >= 15 is 0 Å². The van der Waals surface area contributed by atoms with Crippen LogP contribution in [0.1, 0.15) is 26.3 Å². The van der Waals surface area contributed by atoms with Crippen LogP contribution >= 0.6 is 0 Å². The summed E-state index contributed by atoms with van der Waals surface area (Å²) in [4.78, 5) is 26.3. The zero-order valence-electron chi connectivity index (χ0n) is 13.4. The highest BCUT2D eigenvalue weighted by molar-refractivity contribution is 5.97. The average Bonchev–Trinajstić information content (AvgIpc) is 2.67. The molecule has 1 fully saturated rings. The lowest BCUT2D eigenvalue weighted by molar-refractivity contribution is 0.0303. The number of hydrogen-bond acceptors (Lipinski definition) is 3. The number of rotatable bonds is 4. The first-order valence-corrected chi connectivity index (χ1v) is 8.03. The van der Waals surface area contributed by atoms with Crippen molar-refractivity contribution in [2.45, 2.75) is 6.54 Å². The van der Waals surface area contributed by atoms with E-state index in [1.165, 1.54) is 0 Å². The van der Waals surface area contributed by atoms with Crippen molar-refractivity contribution in [1.82, 2.24) is 10.2 Å². The molecule has 1 heterocycles. The highest BCUT2D eigenvalue weighted by Gasteiger charge is 2.18. The summed E-state index contributed by atoms with van der Waals surface area (Å²) in [7, 11) is 0. The number of nitrogens with one attached hydrogen (secondary N) is 1. The molecule has 124 valence electrons. The van der Waals surface area contributed by atoms with E-state index in [0.29, 0.717) is 44.0 Å². The highest BCUT2D eigenvalue weighted by Crippen LogP contribution is 2.10. The monoisotopic (exact) mass is 324 g/mol. The van der Waals surface area contributed by atoms with Gasteiger partial charge in [-0.1, -0.05) is 30.3 Å². The van der Waals surface area contributed by atoms with Gasteiger partial charge in [-0.05, 0) is 29.8 Å². The maximum atomic E-state index is 12.4. The number of hydrogen-bond donors (Lipinski definition) is 1. The first kappa shape index (κ1) is 16.2. The summed E-state index contributed by atoms with van der Waals surface area (Å²) in [5.41, 5.74) is 2.19. The van der Waals surface area contributed by atoms with E-state index in [1.807, 2.05) is 30.3 Å². The minimum Gasteiger partial charge on any atom is -0.378 e. The van der Waals surface area contributed by atoms with Crippen LogP contribution in [0.4, 0.5) is 0 Å². The molecule has 5 heteroatoms. The van der Waals surface area contributed by atoms with Crippen LogP contribution in [-0.4, -0.2) is 43.0 Å². The molecule has 0 bridgehead atoms. The van der Waals surface area contributed by atoms with Crippen molar-refractivity contribution in [2.24, 2.45) is 0 Å². The average molecular weight is 324 g/mol. The summed E-state index contributed by atoms with van der Waals surface area (Å²) in [6.07, 6.45) is 0. The summed E-state index contributed by atoms with van der Waals surface area (Å²) in [5.74, 6) is -0.168. The normalized spacial score (nSPS) is 14.2. The van der Waals surface area contributed by atoms with Crippen molar-refractivity contribution in [3.05, 3.63) is 71.3 Å². The smallest absolute Gasteiger partial charge is 0.254 e. The lowest BCUT2D eigenvalue weighted by Crippen LogP contribution is -2.40. The summed E-state index contributed by atoms with van der Waals surface area (Å²) >= 11 is 0. The summed E-state index contributed by atoms with van der Waals surface area (Å²) in [6, 6.07) is 16.5. The Morgan fingerprint density at radius 1 is 0.917 bits per heavy atom.